The molecule has 1 amide bonds. The van der Waals surface area contributed by atoms with E-state index >= 15 is 0 Å². The molecule has 206 valence electrons. The van der Waals surface area contributed by atoms with Gasteiger partial charge in [-0.25, -0.2) is 0 Å². The van der Waals surface area contributed by atoms with Crippen LogP contribution in [-0.4, -0.2) is 34.1 Å². The van der Waals surface area contributed by atoms with E-state index in [0.717, 1.165) is 5.56 Å². The van der Waals surface area contributed by atoms with Crippen molar-refractivity contribution in [3.05, 3.63) is 112 Å². The van der Waals surface area contributed by atoms with Gasteiger partial charge in [-0.2, -0.15) is 0 Å². The van der Waals surface area contributed by atoms with Gasteiger partial charge in [-0.05, 0) is 42.3 Å². The summed E-state index contributed by atoms with van der Waals surface area (Å²) in [6.45, 7) is 2.03. The lowest BCUT2D eigenvalue weighted by atomic mass is 9.95. The fraction of sp³-hybridized carbons (Fsp3) is 0.133. The SMILES string of the molecule is COc1cccc2cc(C(=O)C3=C(O)C(=O)N(c4nnc(SCc5ccc(C)cc5)s4)C3c3ccc(Cl)cc3)oc12. The van der Waals surface area contributed by atoms with Crippen molar-refractivity contribution in [1.29, 1.82) is 0 Å². The summed E-state index contributed by atoms with van der Waals surface area (Å²) in [6, 6.07) is 20.8. The Morgan fingerprint density at radius 1 is 1.12 bits per heavy atom. The molecule has 3 heterocycles. The average Bonchev–Trinajstić information content (AvgIpc) is 3.69. The normalized spacial score (nSPS) is 15.2. The number of nitrogens with zero attached hydrogens (tertiary/aromatic N) is 3. The van der Waals surface area contributed by atoms with Crippen LogP contribution in [-0.2, 0) is 10.5 Å². The summed E-state index contributed by atoms with van der Waals surface area (Å²) in [4.78, 5) is 28.7. The molecule has 0 aliphatic carbocycles. The first kappa shape index (κ1) is 27.1. The summed E-state index contributed by atoms with van der Waals surface area (Å²) < 4.78 is 11.9. The second-order valence-electron chi connectivity index (χ2n) is 9.33. The molecule has 41 heavy (non-hydrogen) atoms. The predicted molar refractivity (Wildman–Crippen MR) is 159 cm³/mol. The zero-order valence-electron chi connectivity index (χ0n) is 21.8. The fourth-order valence-electron chi connectivity index (χ4n) is 4.62. The van der Waals surface area contributed by atoms with Crippen LogP contribution in [0.15, 0.2) is 92.9 Å². The van der Waals surface area contributed by atoms with Crippen LogP contribution in [0.25, 0.3) is 11.0 Å². The molecule has 0 bridgehead atoms. The molecule has 0 saturated carbocycles. The number of halogens is 1. The predicted octanol–water partition coefficient (Wildman–Crippen LogP) is 7.33. The third-order valence-corrected chi connectivity index (χ3v) is 9.05. The van der Waals surface area contributed by atoms with E-state index in [9.17, 15) is 14.7 Å². The number of aromatic nitrogens is 2. The van der Waals surface area contributed by atoms with Gasteiger partial charge in [-0.1, -0.05) is 88.8 Å². The van der Waals surface area contributed by atoms with Crippen molar-refractivity contribution in [3.8, 4) is 5.75 Å². The zero-order chi connectivity index (χ0) is 28.7. The number of aliphatic hydroxyl groups is 1. The molecule has 1 N–H and O–H groups in total. The molecular weight excluding hydrogens is 582 g/mol. The Hall–Kier alpha value is -4.12. The number of benzene rings is 3. The second kappa shape index (κ2) is 11.0. The third kappa shape index (κ3) is 5.10. The summed E-state index contributed by atoms with van der Waals surface area (Å²) in [5.74, 6) is -0.963. The maximum Gasteiger partial charge on any atom is 0.296 e. The van der Waals surface area contributed by atoms with Crippen molar-refractivity contribution >= 4 is 62.5 Å². The molecule has 8 nitrogen and oxygen atoms in total. The lowest BCUT2D eigenvalue weighted by Crippen LogP contribution is -2.31. The lowest BCUT2D eigenvalue weighted by molar-refractivity contribution is -0.117. The number of anilines is 1. The van der Waals surface area contributed by atoms with Crippen molar-refractivity contribution in [2.45, 2.75) is 23.1 Å². The van der Waals surface area contributed by atoms with Gasteiger partial charge >= 0.3 is 0 Å². The number of ketones is 1. The van der Waals surface area contributed by atoms with Crippen molar-refractivity contribution < 1.29 is 23.8 Å². The van der Waals surface area contributed by atoms with E-state index in [0.29, 0.717) is 37.4 Å². The molecule has 0 spiro atoms. The number of carbonyl (C=O) groups is 2. The van der Waals surface area contributed by atoms with Gasteiger partial charge in [0.1, 0.15) is 0 Å². The Balaban J connectivity index is 1.36. The molecule has 1 unspecified atom stereocenters. The molecule has 3 aromatic carbocycles. The van der Waals surface area contributed by atoms with Crippen LogP contribution in [0.2, 0.25) is 5.02 Å². The molecule has 0 fully saturated rings. The number of fused-ring (bicyclic) bond motifs is 1. The van der Waals surface area contributed by atoms with E-state index in [1.807, 2.05) is 19.1 Å². The molecule has 1 atom stereocenters. The second-order valence-corrected chi connectivity index (χ2v) is 11.9. The Labute approximate surface area is 248 Å². The van der Waals surface area contributed by atoms with E-state index in [1.54, 1.807) is 48.5 Å². The molecular formula is C30H22ClN3O5S2. The first-order chi connectivity index (χ1) is 19.8. The number of hydrogen-bond donors (Lipinski definition) is 1. The quantitative estimate of drug-likeness (QED) is 0.112. The summed E-state index contributed by atoms with van der Waals surface area (Å²) in [5, 5.41) is 21.0. The van der Waals surface area contributed by atoms with Crippen LogP contribution in [0.4, 0.5) is 5.13 Å². The monoisotopic (exact) mass is 603 g/mol. The van der Waals surface area contributed by atoms with E-state index in [-0.39, 0.29) is 16.5 Å². The maximum atomic E-state index is 13.9. The summed E-state index contributed by atoms with van der Waals surface area (Å²) in [6.07, 6.45) is 0. The summed E-state index contributed by atoms with van der Waals surface area (Å²) >= 11 is 8.83. The van der Waals surface area contributed by atoms with Gasteiger partial charge in [0.15, 0.2) is 27.2 Å². The molecule has 6 rings (SSSR count). The largest absolute Gasteiger partial charge is 0.503 e. The number of methoxy groups -OCH3 is 1. The van der Waals surface area contributed by atoms with Crippen LogP contribution in [0.5, 0.6) is 5.75 Å². The van der Waals surface area contributed by atoms with Crippen LogP contribution < -0.4 is 9.64 Å². The van der Waals surface area contributed by atoms with Crippen LogP contribution >= 0.6 is 34.7 Å². The highest BCUT2D eigenvalue weighted by atomic mass is 35.5. The topological polar surface area (TPSA) is 106 Å². The minimum atomic E-state index is -0.981. The molecule has 5 aromatic rings. The van der Waals surface area contributed by atoms with E-state index < -0.39 is 23.5 Å². The lowest BCUT2D eigenvalue weighted by Gasteiger charge is -2.23. The number of rotatable bonds is 8. The van der Waals surface area contributed by atoms with Crippen molar-refractivity contribution in [2.75, 3.05) is 12.0 Å². The van der Waals surface area contributed by atoms with Crippen LogP contribution in [0.1, 0.15) is 33.3 Å². The highest BCUT2D eigenvalue weighted by Gasteiger charge is 2.46. The molecule has 11 heteroatoms. The van der Waals surface area contributed by atoms with Gasteiger partial charge in [-0.3, -0.25) is 14.5 Å². The number of hydrogen-bond acceptors (Lipinski definition) is 9. The van der Waals surface area contributed by atoms with Gasteiger partial charge in [0, 0.05) is 16.2 Å². The number of Topliss-reactive ketones (excluding diaryl/α,β-unsaturated/α-hetero) is 1. The molecule has 2 aromatic heterocycles. The van der Waals surface area contributed by atoms with Crippen molar-refractivity contribution in [2.24, 2.45) is 0 Å². The molecule has 1 aliphatic rings. The Bertz CT molecular complexity index is 1810. The number of ether oxygens (including phenoxy) is 1. The number of thioether (sulfide) groups is 1. The first-order valence-electron chi connectivity index (χ1n) is 12.5. The standard InChI is InChI=1S/C30H22ClN3O5S2/c1-16-6-8-17(9-7-16)15-40-30-33-32-29(41-30)34-24(18-10-12-20(31)13-11-18)23(26(36)28(34)37)25(35)22-14-19-4-3-5-21(38-2)27(19)39-22/h3-14,24,36H,15H2,1-2H3. The average molecular weight is 604 g/mol. The van der Waals surface area contributed by atoms with Gasteiger partial charge in [-0.15, -0.1) is 10.2 Å². The number of aryl methyl sites for hydroxylation is 1. The molecule has 0 saturated heterocycles. The number of carbonyl (C=O) groups excluding carboxylic acids is 2. The number of para-hydroxylation sites is 1. The van der Waals surface area contributed by atoms with E-state index in [1.165, 1.54) is 40.7 Å². The van der Waals surface area contributed by atoms with Crippen LogP contribution in [0, 0.1) is 6.92 Å². The minimum Gasteiger partial charge on any atom is -0.503 e. The number of aliphatic hydroxyl groups excluding tert-OH is 1. The van der Waals surface area contributed by atoms with Crippen molar-refractivity contribution in [1.82, 2.24) is 10.2 Å². The Morgan fingerprint density at radius 3 is 2.61 bits per heavy atom. The van der Waals surface area contributed by atoms with Crippen LogP contribution in [0.3, 0.4) is 0 Å². The van der Waals surface area contributed by atoms with Gasteiger partial charge in [0.2, 0.25) is 10.9 Å². The molecule has 1 aliphatic heterocycles. The maximum absolute atomic E-state index is 13.9. The van der Waals surface area contributed by atoms with Gasteiger partial charge < -0.3 is 14.3 Å². The van der Waals surface area contributed by atoms with Crippen molar-refractivity contribution in [3.63, 3.8) is 0 Å². The number of amides is 1. The minimum absolute atomic E-state index is 0.0359. The first-order valence-corrected chi connectivity index (χ1v) is 14.7. The smallest absolute Gasteiger partial charge is 0.296 e. The highest BCUT2D eigenvalue weighted by Crippen LogP contribution is 2.44. The van der Waals surface area contributed by atoms with E-state index in [4.69, 9.17) is 20.8 Å². The fourth-order valence-corrected chi connectivity index (χ4v) is 6.57. The zero-order valence-corrected chi connectivity index (χ0v) is 24.2. The highest BCUT2D eigenvalue weighted by molar-refractivity contribution is 8.00. The Morgan fingerprint density at radius 2 is 1.88 bits per heavy atom. The summed E-state index contributed by atoms with van der Waals surface area (Å²) in [5.41, 5.74) is 3.13. The van der Waals surface area contributed by atoms with Gasteiger partial charge in [0.25, 0.3) is 5.91 Å². The van der Waals surface area contributed by atoms with E-state index in [2.05, 4.69) is 22.3 Å². The third-order valence-electron chi connectivity index (χ3n) is 6.67. The van der Waals surface area contributed by atoms with Gasteiger partial charge in [0.05, 0.1) is 18.7 Å². The Kier molecular flexibility index (Phi) is 7.29. The molecule has 0 radical (unpaired) electrons. The number of furan rings is 1. The summed E-state index contributed by atoms with van der Waals surface area (Å²) in [7, 11) is 1.51.